The van der Waals surface area contributed by atoms with Crippen LogP contribution in [0.25, 0.3) is 16.9 Å². The first kappa shape index (κ1) is 9.09. The summed E-state index contributed by atoms with van der Waals surface area (Å²) in [6, 6.07) is 12.4. The Morgan fingerprint density at radius 2 is 1.81 bits per heavy atom. The fraction of sp³-hybridized carbons (Fsp3) is 0. The number of rotatable bonds is 1. The van der Waals surface area contributed by atoms with Gasteiger partial charge in [-0.05, 0) is 24.3 Å². The van der Waals surface area contributed by atoms with Crippen molar-refractivity contribution in [1.82, 2.24) is 9.38 Å². The van der Waals surface area contributed by atoms with Crippen LogP contribution >= 0.6 is 0 Å². The molecule has 1 aromatic carbocycles. The molecule has 0 radical (unpaired) electrons. The third-order valence-corrected chi connectivity index (χ3v) is 2.51. The van der Waals surface area contributed by atoms with Crippen molar-refractivity contribution in [2.24, 2.45) is 0 Å². The van der Waals surface area contributed by atoms with E-state index in [1.807, 2.05) is 41.1 Å². The number of nitrogens with zero attached hydrogens (tertiary/aromatic N) is 2. The monoisotopic (exact) mass is 212 g/mol. The minimum Gasteiger partial charge on any atom is -0.306 e. The summed E-state index contributed by atoms with van der Waals surface area (Å²) < 4.78 is 15.4. The van der Waals surface area contributed by atoms with Gasteiger partial charge >= 0.3 is 0 Å². The van der Waals surface area contributed by atoms with Crippen molar-refractivity contribution in [1.29, 1.82) is 0 Å². The third kappa shape index (κ3) is 1.37. The molecule has 78 valence electrons. The lowest BCUT2D eigenvalue weighted by molar-refractivity contribution is 0.631. The number of fused-ring (bicyclic) bond motifs is 1. The highest BCUT2D eigenvalue weighted by molar-refractivity contribution is 5.63. The Morgan fingerprint density at radius 1 is 1.00 bits per heavy atom. The standard InChI is InChI=1S/C13H9FN2/c14-11-6-2-1-5-10(11)12-9-16-8-4-3-7-13(16)15-12/h1-9H. The van der Waals surface area contributed by atoms with Gasteiger partial charge in [0.25, 0.3) is 0 Å². The van der Waals surface area contributed by atoms with E-state index in [4.69, 9.17) is 0 Å². The van der Waals surface area contributed by atoms with Crippen LogP contribution < -0.4 is 0 Å². The molecule has 0 unspecified atom stereocenters. The summed E-state index contributed by atoms with van der Waals surface area (Å²) >= 11 is 0. The zero-order valence-corrected chi connectivity index (χ0v) is 8.47. The van der Waals surface area contributed by atoms with Gasteiger partial charge in [0.05, 0.1) is 5.69 Å². The molecule has 0 saturated carbocycles. The Bertz CT molecular complexity index is 610. The molecule has 2 heterocycles. The first-order valence-electron chi connectivity index (χ1n) is 5.03. The van der Waals surface area contributed by atoms with E-state index in [0.717, 1.165) is 5.65 Å². The molecule has 3 rings (SSSR count). The third-order valence-electron chi connectivity index (χ3n) is 2.51. The molecule has 3 aromatic rings. The van der Waals surface area contributed by atoms with Crippen LogP contribution in [0.4, 0.5) is 4.39 Å². The van der Waals surface area contributed by atoms with Gasteiger partial charge in [-0.25, -0.2) is 9.37 Å². The van der Waals surface area contributed by atoms with Gasteiger partial charge in [-0.2, -0.15) is 0 Å². The Hall–Kier alpha value is -2.16. The summed E-state index contributed by atoms with van der Waals surface area (Å²) in [6.45, 7) is 0. The SMILES string of the molecule is Fc1ccccc1-c1cn2ccccc2n1. The number of hydrogen-bond acceptors (Lipinski definition) is 1. The molecule has 2 aromatic heterocycles. The maximum absolute atomic E-state index is 13.6. The van der Waals surface area contributed by atoms with Crippen molar-refractivity contribution >= 4 is 5.65 Å². The lowest BCUT2D eigenvalue weighted by Gasteiger charge is -1.96. The predicted molar refractivity (Wildman–Crippen MR) is 60.6 cm³/mol. The minimum absolute atomic E-state index is 0.245. The quantitative estimate of drug-likeness (QED) is 0.605. The normalized spacial score (nSPS) is 10.8. The van der Waals surface area contributed by atoms with Crippen LogP contribution in [-0.4, -0.2) is 9.38 Å². The van der Waals surface area contributed by atoms with Gasteiger partial charge < -0.3 is 4.40 Å². The van der Waals surface area contributed by atoms with E-state index in [0.29, 0.717) is 11.3 Å². The van der Waals surface area contributed by atoms with Crippen molar-refractivity contribution < 1.29 is 4.39 Å². The molecule has 0 aliphatic carbocycles. The number of imidazole rings is 1. The summed E-state index contributed by atoms with van der Waals surface area (Å²) in [6.07, 6.45) is 3.72. The largest absolute Gasteiger partial charge is 0.306 e. The molecule has 0 atom stereocenters. The van der Waals surface area contributed by atoms with Gasteiger partial charge in [0, 0.05) is 18.0 Å². The van der Waals surface area contributed by atoms with Crippen LogP contribution in [-0.2, 0) is 0 Å². The lowest BCUT2D eigenvalue weighted by Crippen LogP contribution is -1.82. The van der Waals surface area contributed by atoms with Gasteiger partial charge in [-0.3, -0.25) is 0 Å². The van der Waals surface area contributed by atoms with Crippen molar-refractivity contribution in [3.05, 3.63) is 60.7 Å². The van der Waals surface area contributed by atoms with Crippen molar-refractivity contribution in [3.8, 4) is 11.3 Å². The second kappa shape index (κ2) is 3.45. The molecule has 0 fully saturated rings. The van der Waals surface area contributed by atoms with E-state index in [9.17, 15) is 4.39 Å². The molecule has 0 aliphatic rings. The average Bonchev–Trinajstić information content (AvgIpc) is 2.73. The first-order chi connectivity index (χ1) is 7.84. The Labute approximate surface area is 92.0 Å². The van der Waals surface area contributed by atoms with Crippen LogP contribution in [0, 0.1) is 5.82 Å². The molecule has 0 spiro atoms. The fourth-order valence-corrected chi connectivity index (χ4v) is 1.73. The molecule has 0 amide bonds. The van der Waals surface area contributed by atoms with E-state index in [1.54, 1.807) is 12.1 Å². The Kier molecular flexibility index (Phi) is 1.96. The summed E-state index contributed by atoms with van der Waals surface area (Å²) in [5.41, 5.74) is 2.01. The number of pyridine rings is 1. The van der Waals surface area contributed by atoms with E-state index in [-0.39, 0.29) is 5.82 Å². The van der Waals surface area contributed by atoms with E-state index in [1.165, 1.54) is 6.07 Å². The molecule has 2 nitrogen and oxygen atoms in total. The number of halogens is 1. The Balaban J connectivity index is 2.23. The van der Waals surface area contributed by atoms with Gasteiger partial charge in [-0.1, -0.05) is 18.2 Å². The molecular formula is C13H9FN2. The molecule has 16 heavy (non-hydrogen) atoms. The van der Waals surface area contributed by atoms with E-state index < -0.39 is 0 Å². The van der Waals surface area contributed by atoms with Crippen LogP contribution in [0.15, 0.2) is 54.9 Å². The molecular weight excluding hydrogens is 203 g/mol. The minimum atomic E-state index is -0.245. The van der Waals surface area contributed by atoms with Crippen molar-refractivity contribution in [2.75, 3.05) is 0 Å². The highest BCUT2D eigenvalue weighted by atomic mass is 19.1. The number of aromatic nitrogens is 2. The lowest BCUT2D eigenvalue weighted by atomic mass is 10.1. The summed E-state index contributed by atoms with van der Waals surface area (Å²) in [7, 11) is 0. The van der Waals surface area contributed by atoms with Crippen LogP contribution in [0.3, 0.4) is 0 Å². The first-order valence-corrected chi connectivity index (χ1v) is 5.03. The summed E-state index contributed by atoms with van der Waals surface area (Å²) in [5, 5.41) is 0. The summed E-state index contributed by atoms with van der Waals surface area (Å²) in [4.78, 5) is 4.37. The van der Waals surface area contributed by atoms with Crippen LogP contribution in [0.5, 0.6) is 0 Å². The van der Waals surface area contributed by atoms with E-state index in [2.05, 4.69) is 4.98 Å². The van der Waals surface area contributed by atoms with Gasteiger partial charge in [0.1, 0.15) is 11.5 Å². The molecule has 3 heteroatoms. The molecule has 0 aliphatic heterocycles. The highest BCUT2D eigenvalue weighted by Crippen LogP contribution is 2.21. The fourth-order valence-electron chi connectivity index (χ4n) is 1.73. The number of benzene rings is 1. The van der Waals surface area contributed by atoms with Crippen molar-refractivity contribution in [2.45, 2.75) is 0 Å². The smallest absolute Gasteiger partial charge is 0.137 e. The van der Waals surface area contributed by atoms with Gasteiger partial charge in [-0.15, -0.1) is 0 Å². The topological polar surface area (TPSA) is 17.3 Å². The zero-order valence-electron chi connectivity index (χ0n) is 8.47. The van der Waals surface area contributed by atoms with Gasteiger partial charge in [0.15, 0.2) is 0 Å². The highest BCUT2D eigenvalue weighted by Gasteiger charge is 2.07. The molecule has 0 N–H and O–H groups in total. The second-order valence-electron chi connectivity index (χ2n) is 3.57. The Morgan fingerprint density at radius 3 is 2.62 bits per heavy atom. The molecule has 0 bridgehead atoms. The van der Waals surface area contributed by atoms with E-state index >= 15 is 0 Å². The number of hydrogen-bond donors (Lipinski definition) is 0. The van der Waals surface area contributed by atoms with Gasteiger partial charge in [0.2, 0.25) is 0 Å². The zero-order chi connectivity index (χ0) is 11.0. The summed E-state index contributed by atoms with van der Waals surface area (Å²) in [5.74, 6) is -0.245. The maximum Gasteiger partial charge on any atom is 0.137 e. The predicted octanol–water partition coefficient (Wildman–Crippen LogP) is 3.14. The van der Waals surface area contributed by atoms with Crippen molar-refractivity contribution in [3.63, 3.8) is 0 Å². The second-order valence-corrected chi connectivity index (χ2v) is 3.57. The molecule has 0 saturated heterocycles. The van der Waals surface area contributed by atoms with Crippen LogP contribution in [0.2, 0.25) is 0 Å². The maximum atomic E-state index is 13.6. The van der Waals surface area contributed by atoms with Crippen LogP contribution in [0.1, 0.15) is 0 Å². The average molecular weight is 212 g/mol.